The third kappa shape index (κ3) is 27.2. The first kappa shape index (κ1) is 21.2. The van der Waals surface area contributed by atoms with E-state index in [4.69, 9.17) is 0 Å². The van der Waals surface area contributed by atoms with E-state index in [2.05, 4.69) is 31.4 Å². The quantitative estimate of drug-likeness (QED) is 0.473. The Labute approximate surface area is 123 Å². The Kier molecular flexibility index (Phi) is 25.7. The molecule has 0 amide bonds. The van der Waals surface area contributed by atoms with E-state index in [-0.39, 0.29) is 0 Å². The first-order valence-electron chi connectivity index (χ1n) is 8.68. The predicted molar refractivity (Wildman–Crippen MR) is 90.0 cm³/mol. The minimum absolute atomic E-state index is 1.09. The van der Waals surface area contributed by atoms with Crippen molar-refractivity contribution in [3.63, 3.8) is 0 Å². The lowest BCUT2D eigenvalue weighted by Crippen LogP contribution is -2.09. The second kappa shape index (κ2) is 23.0. The van der Waals surface area contributed by atoms with Crippen molar-refractivity contribution in [2.24, 2.45) is 0 Å². The summed E-state index contributed by atoms with van der Waals surface area (Å²) in [6.07, 6.45) is 14.3. The molecule has 2 heteroatoms. The molecule has 0 radical (unpaired) electrons. The Balaban J connectivity index is 0. The molecular weight excluding hydrogens is 232 g/mol. The van der Waals surface area contributed by atoms with Crippen LogP contribution >= 0.6 is 0 Å². The van der Waals surface area contributed by atoms with Crippen molar-refractivity contribution in [1.29, 1.82) is 0 Å². The van der Waals surface area contributed by atoms with Crippen LogP contribution in [0.3, 0.4) is 0 Å². The van der Waals surface area contributed by atoms with Gasteiger partial charge in [-0.3, -0.25) is 0 Å². The van der Waals surface area contributed by atoms with Crippen LogP contribution in [0.4, 0.5) is 0 Å². The highest BCUT2D eigenvalue weighted by molar-refractivity contribution is 4.48. The highest BCUT2D eigenvalue weighted by atomic mass is 14.8. The molecule has 2 nitrogen and oxygen atoms in total. The molecule has 118 valence electrons. The Morgan fingerprint density at radius 1 is 0.579 bits per heavy atom. The van der Waals surface area contributed by atoms with Crippen molar-refractivity contribution in [3.05, 3.63) is 0 Å². The third-order valence-electron chi connectivity index (χ3n) is 3.28. The van der Waals surface area contributed by atoms with E-state index in [1.54, 1.807) is 0 Å². The van der Waals surface area contributed by atoms with Crippen LogP contribution in [0.25, 0.3) is 0 Å². The maximum Gasteiger partial charge on any atom is -0.00519 e. The molecule has 0 aromatic rings. The minimum atomic E-state index is 1.09. The minimum Gasteiger partial charge on any atom is -0.320 e. The summed E-state index contributed by atoms with van der Waals surface area (Å²) in [6.45, 7) is 9.86. The SMILES string of the molecule is CCCCCCCCCCCCNC.CCNCC. The molecule has 0 aromatic heterocycles. The number of hydrogen-bond donors (Lipinski definition) is 2. The monoisotopic (exact) mass is 272 g/mol. The fourth-order valence-corrected chi connectivity index (χ4v) is 2.04. The summed E-state index contributed by atoms with van der Waals surface area (Å²) >= 11 is 0. The van der Waals surface area contributed by atoms with Gasteiger partial charge in [-0.05, 0) is 33.1 Å². The molecule has 0 spiro atoms. The lowest BCUT2D eigenvalue weighted by Gasteiger charge is -2.01. The van der Waals surface area contributed by atoms with Gasteiger partial charge in [-0.25, -0.2) is 0 Å². The molecule has 0 saturated heterocycles. The highest BCUT2D eigenvalue weighted by Crippen LogP contribution is 2.09. The number of nitrogens with one attached hydrogen (secondary N) is 2. The molecular formula is C17H40N2. The van der Waals surface area contributed by atoms with E-state index in [1.807, 2.05) is 7.05 Å². The topological polar surface area (TPSA) is 24.1 Å². The molecule has 19 heavy (non-hydrogen) atoms. The number of unbranched alkanes of at least 4 members (excludes halogenated alkanes) is 9. The molecule has 0 aliphatic rings. The zero-order valence-electron chi connectivity index (χ0n) is 14.2. The van der Waals surface area contributed by atoms with Gasteiger partial charge in [0.2, 0.25) is 0 Å². The Morgan fingerprint density at radius 3 is 1.32 bits per heavy atom. The summed E-state index contributed by atoms with van der Waals surface area (Å²) in [6, 6.07) is 0. The van der Waals surface area contributed by atoms with Crippen molar-refractivity contribution in [2.75, 3.05) is 26.7 Å². The molecule has 0 atom stereocenters. The van der Waals surface area contributed by atoms with Crippen LogP contribution in [0.2, 0.25) is 0 Å². The lowest BCUT2D eigenvalue weighted by atomic mass is 10.1. The largest absolute Gasteiger partial charge is 0.320 e. The Morgan fingerprint density at radius 2 is 1.00 bits per heavy atom. The maximum absolute atomic E-state index is 3.19. The van der Waals surface area contributed by atoms with Gasteiger partial charge in [0.25, 0.3) is 0 Å². The summed E-state index contributed by atoms with van der Waals surface area (Å²) in [4.78, 5) is 0. The molecule has 0 unspecified atom stereocenters. The van der Waals surface area contributed by atoms with E-state index in [0.29, 0.717) is 0 Å². The van der Waals surface area contributed by atoms with Gasteiger partial charge >= 0.3 is 0 Å². The zero-order chi connectivity index (χ0) is 14.6. The van der Waals surface area contributed by atoms with E-state index < -0.39 is 0 Å². The second-order valence-electron chi connectivity index (χ2n) is 5.24. The van der Waals surface area contributed by atoms with E-state index in [0.717, 1.165) is 13.1 Å². The number of rotatable bonds is 13. The van der Waals surface area contributed by atoms with Crippen LogP contribution in [0.1, 0.15) is 85.0 Å². The summed E-state index contributed by atoms with van der Waals surface area (Å²) in [5, 5.41) is 6.30. The maximum atomic E-state index is 3.19. The third-order valence-corrected chi connectivity index (χ3v) is 3.28. The molecule has 0 aromatic carbocycles. The molecule has 0 saturated carbocycles. The summed E-state index contributed by atoms with van der Waals surface area (Å²) in [5.41, 5.74) is 0. The van der Waals surface area contributed by atoms with E-state index in [9.17, 15) is 0 Å². The molecule has 0 rings (SSSR count). The normalized spacial score (nSPS) is 10.1. The van der Waals surface area contributed by atoms with Crippen molar-refractivity contribution in [2.45, 2.75) is 85.0 Å². The average molecular weight is 273 g/mol. The smallest absolute Gasteiger partial charge is 0.00519 e. The van der Waals surface area contributed by atoms with Crippen LogP contribution in [0.15, 0.2) is 0 Å². The number of hydrogen-bond acceptors (Lipinski definition) is 2. The Hall–Kier alpha value is -0.0800. The van der Waals surface area contributed by atoms with Gasteiger partial charge in [-0.1, -0.05) is 78.6 Å². The van der Waals surface area contributed by atoms with Gasteiger partial charge < -0.3 is 10.6 Å². The van der Waals surface area contributed by atoms with Crippen LogP contribution in [-0.4, -0.2) is 26.7 Å². The molecule has 0 fully saturated rings. The summed E-state index contributed by atoms with van der Waals surface area (Å²) in [7, 11) is 2.04. The fourth-order valence-electron chi connectivity index (χ4n) is 2.04. The standard InChI is InChI=1S/C13H29N.C4H11N/c1-3-4-5-6-7-8-9-10-11-12-13-14-2;1-3-5-4-2/h14H,3-13H2,1-2H3;5H,3-4H2,1-2H3. The zero-order valence-corrected chi connectivity index (χ0v) is 14.2. The van der Waals surface area contributed by atoms with Crippen molar-refractivity contribution < 1.29 is 0 Å². The van der Waals surface area contributed by atoms with Crippen molar-refractivity contribution >= 4 is 0 Å². The van der Waals surface area contributed by atoms with Gasteiger partial charge in [0.15, 0.2) is 0 Å². The summed E-state index contributed by atoms with van der Waals surface area (Å²) < 4.78 is 0. The van der Waals surface area contributed by atoms with Crippen LogP contribution in [0.5, 0.6) is 0 Å². The van der Waals surface area contributed by atoms with Crippen molar-refractivity contribution in [1.82, 2.24) is 10.6 Å². The highest BCUT2D eigenvalue weighted by Gasteiger charge is 1.91. The molecule has 2 N–H and O–H groups in total. The van der Waals surface area contributed by atoms with E-state index in [1.165, 1.54) is 70.8 Å². The first-order valence-corrected chi connectivity index (χ1v) is 8.68. The van der Waals surface area contributed by atoms with E-state index >= 15 is 0 Å². The van der Waals surface area contributed by atoms with Gasteiger partial charge in [0.05, 0.1) is 0 Å². The van der Waals surface area contributed by atoms with Crippen LogP contribution < -0.4 is 10.6 Å². The van der Waals surface area contributed by atoms with Crippen molar-refractivity contribution in [3.8, 4) is 0 Å². The fraction of sp³-hybridized carbons (Fsp3) is 1.00. The molecule has 0 aliphatic carbocycles. The van der Waals surface area contributed by atoms with Crippen LogP contribution in [-0.2, 0) is 0 Å². The lowest BCUT2D eigenvalue weighted by molar-refractivity contribution is 0.551. The van der Waals surface area contributed by atoms with Gasteiger partial charge in [-0.15, -0.1) is 0 Å². The van der Waals surface area contributed by atoms with Crippen LogP contribution in [0, 0.1) is 0 Å². The first-order chi connectivity index (χ1) is 9.33. The average Bonchev–Trinajstić information content (AvgIpc) is 2.43. The Bertz CT molecular complexity index is 112. The second-order valence-corrected chi connectivity index (χ2v) is 5.24. The predicted octanol–water partition coefficient (Wildman–Crippen LogP) is 4.74. The molecule has 0 heterocycles. The summed E-state index contributed by atoms with van der Waals surface area (Å²) in [5.74, 6) is 0. The molecule has 0 bridgehead atoms. The molecule has 0 aliphatic heterocycles. The van der Waals surface area contributed by atoms with Gasteiger partial charge in [0, 0.05) is 0 Å². The van der Waals surface area contributed by atoms with Gasteiger partial charge in [0.1, 0.15) is 0 Å². The van der Waals surface area contributed by atoms with Gasteiger partial charge in [-0.2, -0.15) is 0 Å².